The molecule has 2 aliphatic heterocycles. The maximum atomic E-state index is 12.5. The number of halogens is 1. The third kappa shape index (κ3) is 4.47. The highest BCUT2D eigenvalue weighted by Gasteiger charge is 2.37. The maximum Gasteiger partial charge on any atom is 0.264 e. The molecule has 2 amide bonds. The maximum absolute atomic E-state index is 12.5. The molecule has 8 nitrogen and oxygen atoms in total. The van der Waals surface area contributed by atoms with Gasteiger partial charge < -0.3 is 10.1 Å². The summed E-state index contributed by atoms with van der Waals surface area (Å²) in [6.07, 6.45) is 1.51. The number of aliphatic imine (C=N–C) groups is 2. The summed E-state index contributed by atoms with van der Waals surface area (Å²) in [5.74, 6) is -0.223. The zero-order valence-corrected chi connectivity index (χ0v) is 18.3. The number of hydrazone groups is 1. The second kappa shape index (κ2) is 8.91. The van der Waals surface area contributed by atoms with Crippen molar-refractivity contribution >= 4 is 63.8 Å². The number of nitrogens with zero attached hydrogens (tertiary/aromatic N) is 4. The van der Waals surface area contributed by atoms with Crippen LogP contribution in [0.2, 0.25) is 5.02 Å². The molecule has 1 unspecified atom stereocenters. The molecule has 10 heteroatoms. The molecule has 2 aromatic carbocycles. The Morgan fingerprint density at radius 2 is 2.06 bits per heavy atom. The van der Waals surface area contributed by atoms with Crippen LogP contribution in [-0.4, -0.2) is 41.9 Å². The Kier molecular flexibility index (Phi) is 6.06. The van der Waals surface area contributed by atoms with Crippen molar-refractivity contribution in [2.45, 2.75) is 6.92 Å². The Morgan fingerprint density at radius 1 is 1.26 bits per heavy atom. The van der Waals surface area contributed by atoms with Gasteiger partial charge >= 0.3 is 0 Å². The standard InChI is InChI=1S/C21H18ClN5O3S/c1-12-7-8-13(9-15(12)22)24-18(28)11-31-21-25-19-14(20(29)26-21)10-23-27(19)16-5-3-4-6-17(16)30-2/h3-10,14H,11H2,1-2H3,(H,24,28). The average molecular weight is 456 g/mol. The Balaban J connectivity index is 1.46. The van der Waals surface area contributed by atoms with Gasteiger partial charge in [0.15, 0.2) is 11.0 Å². The van der Waals surface area contributed by atoms with Crippen molar-refractivity contribution in [3.63, 3.8) is 0 Å². The lowest BCUT2D eigenvalue weighted by Crippen LogP contribution is -2.34. The van der Waals surface area contributed by atoms with Crippen molar-refractivity contribution in [3.8, 4) is 5.75 Å². The first-order chi connectivity index (χ1) is 15.0. The molecule has 4 rings (SSSR count). The van der Waals surface area contributed by atoms with E-state index >= 15 is 0 Å². The number of rotatable bonds is 5. The number of aryl methyl sites for hydroxylation is 1. The van der Waals surface area contributed by atoms with Gasteiger partial charge in [-0.05, 0) is 36.8 Å². The average Bonchev–Trinajstić information content (AvgIpc) is 3.19. The molecule has 0 bridgehead atoms. The van der Waals surface area contributed by atoms with Crippen molar-refractivity contribution in [1.82, 2.24) is 0 Å². The number of ether oxygens (including phenoxy) is 1. The number of methoxy groups -OCH3 is 1. The molecule has 1 atom stereocenters. The molecule has 0 saturated carbocycles. The van der Waals surface area contributed by atoms with E-state index in [0.29, 0.717) is 28.0 Å². The number of para-hydroxylation sites is 2. The van der Waals surface area contributed by atoms with Crippen LogP contribution in [0, 0.1) is 12.8 Å². The predicted molar refractivity (Wildman–Crippen MR) is 125 cm³/mol. The number of nitrogens with one attached hydrogen (secondary N) is 1. The van der Waals surface area contributed by atoms with Crippen molar-refractivity contribution in [3.05, 3.63) is 53.1 Å². The van der Waals surface area contributed by atoms with Gasteiger partial charge in [0.2, 0.25) is 5.91 Å². The van der Waals surface area contributed by atoms with E-state index in [1.54, 1.807) is 30.3 Å². The van der Waals surface area contributed by atoms with Crippen LogP contribution in [0.4, 0.5) is 11.4 Å². The number of hydrogen-bond donors (Lipinski definition) is 1. The van der Waals surface area contributed by atoms with Crippen LogP contribution < -0.4 is 15.1 Å². The van der Waals surface area contributed by atoms with Gasteiger partial charge in [-0.3, -0.25) is 9.59 Å². The Labute approximate surface area is 188 Å². The van der Waals surface area contributed by atoms with Gasteiger partial charge in [-0.2, -0.15) is 10.1 Å². The zero-order chi connectivity index (χ0) is 22.0. The predicted octanol–water partition coefficient (Wildman–Crippen LogP) is 3.75. The molecule has 31 heavy (non-hydrogen) atoms. The third-order valence-corrected chi connectivity index (χ3v) is 5.86. The summed E-state index contributed by atoms with van der Waals surface area (Å²) in [6.45, 7) is 1.88. The molecule has 0 radical (unpaired) electrons. The molecule has 0 aliphatic carbocycles. The molecule has 0 aromatic heterocycles. The highest BCUT2D eigenvalue weighted by molar-refractivity contribution is 8.14. The summed E-state index contributed by atoms with van der Waals surface area (Å²) in [7, 11) is 1.56. The van der Waals surface area contributed by atoms with Crippen molar-refractivity contribution in [2.24, 2.45) is 21.0 Å². The van der Waals surface area contributed by atoms with Gasteiger partial charge in [-0.1, -0.05) is 41.6 Å². The van der Waals surface area contributed by atoms with Crippen LogP contribution in [0.15, 0.2) is 57.6 Å². The van der Waals surface area contributed by atoms with E-state index in [2.05, 4.69) is 20.4 Å². The summed E-state index contributed by atoms with van der Waals surface area (Å²) in [6, 6.07) is 12.6. The molecule has 2 aliphatic rings. The van der Waals surface area contributed by atoms with Gasteiger partial charge in [-0.15, -0.1) is 0 Å². The van der Waals surface area contributed by atoms with Crippen LogP contribution in [0.25, 0.3) is 0 Å². The summed E-state index contributed by atoms with van der Waals surface area (Å²) >= 11 is 7.17. The minimum absolute atomic E-state index is 0.0363. The largest absolute Gasteiger partial charge is 0.494 e. The summed E-state index contributed by atoms with van der Waals surface area (Å²) in [5, 5.41) is 9.42. The SMILES string of the molecule is COc1ccccc1N1N=CC2C(=O)N=C(SCC(=O)Nc3ccc(C)c(Cl)c3)N=C21. The van der Waals surface area contributed by atoms with E-state index in [1.165, 1.54) is 6.21 Å². The third-order valence-electron chi connectivity index (χ3n) is 4.61. The summed E-state index contributed by atoms with van der Waals surface area (Å²) < 4.78 is 5.39. The molecular weight excluding hydrogens is 438 g/mol. The van der Waals surface area contributed by atoms with Crippen molar-refractivity contribution in [1.29, 1.82) is 0 Å². The smallest absolute Gasteiger partial charge is 0.264 e. The lowest BCUT2D eigenvalue weighted by atomic mass is 10.1. The number of benzene rings is 2. The molecular formula is C21H18ClN5O3S. The minimum atomic E-state index is -0.655. The second-order valence-corrected chi connectivity index (χ2v) is 8.08. The van der Waals surface area contributed by atoms with E-state index in [9.17, 15) is 9.59 Å². The van der Waals surface area contributed by atoms with Crippen molar-refractivity contribution < 1.29 is 14.3 Å². The first-order valence-corrected chi connectivity index (χ1v) is 10.7. The van der Waals surface area contributed by atoms with Crippen LogP contribution in [0.3, 0.4) is 0 Å². The van der Waals surface area contributed by atoms with Gasteiger partial charge in [0.25, 0.3) is 5.91 Å². The first-order valence-electron chi connectivity index (χ1n) is 9.33. The minimum Gasteiger partial charge on any atom is -0.494 e. The summed E-state index contributed by atoms with van der Waals surface area (Å²) in [4.78, 5) is 33.3. The Bertz CT molecular complexity index is 1150. The lowest BCUT2D eigenvalue weighted by Gasteiger charge is -2.21. The zero-order valence-electron chi connectivity index (χ0n) is 16.7. The first kappa shape index (κ1) is 21.1. The number of hydrogen-bond acceptors (Lipinski definition) is 7. The highest BCUT2D eigenvalue weighted by atomic mass is 35.5. The molecule has 1 N–H and O–H groups in total. The molecule has 0 fully saturated rings. The van der Waals surface area contributed by atoms with E-state index in [1.807, 2.05) is 31.2 Å². The van der Waals surface area contributed by atoms with Crippen LogP contribution in [0.1, 0.15) is 5.56 Å². The van der Waals surface area contributed by atoms with E-state index < -0.39 is 5.92 Å². The molecule has 2 aromatic rings. The topological polar surface area (TPSA) is 95.7 Å². The number of carbonyl (C=O) groups is 2. The van der Waals surface area contributed by atoms with Gasteiger partial charge in [0, 0.05) is 16.9 Å². The molecule has 0 saturated heterocycles. The van der Waals surface area contributed by atoms with Gasteiger partial charge in [0.05, 0.1) is 12.9 Å². The number of amides is 2. The lowest BCUT2D eigenvalue weighted by molar-refractivity contribution is -0.118. The monoisotopic (exact) mass is 455 g/mol. The fourth-order valence-electron chi connectivity index (χ4n) is 3.02. The van der Waals surface area contributed by atoms with Gasteiger partial charge in [0.1, 0.15) is 17.4 Å². The number of fused-ring (bicyclic) bond motifs is 1. The number of anilines is 2. The summed E-state index contributed by atoms with van der Waals surface area (Å²) in [5.41, 5.74) is 2.18. The van der Waals surface area contributed by atoms with Crippen LogP contribution in [0.5, 0.6) is 5.75 Å². The second-order valence-electron chi connectivity index (χ2n) is 6.73. The van der Waals surface area contributed by atoms with E-state index in [-0.39, 0.29) is 22.7 Å². The quantitative estimate of drug-likeness (QED) is 0.740. The van der Waals surface area contributed by atoms with Gasteiger partial charge in [-0.25, -0.2) is 10.0 Å². The number of amidine groups is 2. The van der Waals surface area contributed by atoms with E-state index in [4.69, 9.17) is 16.3 Å². The Hall–Kier alpha value is -3.17. The molecule has 2 heterocycles. The highest BCUT2D eigenvalue weighted by Crippen LogP contribution is 2.33. The number of thioether (sulfide) groups is 1. The fourth-order valence-corrected chi connectivity index (χ4v) is 3.85. The fraction of sp³-hybridized carbons (Fsp3) is 0.190. The van der Waals surface area contributed by atoms with Crippen LogP contribution >= 0.6 is 23.4 Å². The normalized spacial score (nSPS) is 17.2. The van der Waals surface area contributed by atoms with Crippen molar-refractivity contribution in [2.75, 3.05) is 23.2 Å². The Morgan fingerprint density at radius 3 is 2.84 bits per heavy atom. The van der Waals surface area contributed by atoms with Crippen LogP contribution in [-0.2, 0) is 9.59 Å². The number of carbonyl (C=O) groups excluding carboxylic acids is 2. The molecule has 158 valence electrons. The molecule has 0 spiro atoms. The van der Waals surface area contributed by atoms with E-state index in [0.717, 1.165) is 17.3 Å².